The van der Waals surface area contributed by atoms with Gasteiger partial charge in [-0.1, -0.05) is 31.7 Å². The molecule has 2 atom stereocenters. The molecule has 0 aliphatic carbocycles. The molecular formula is C17H23N3O3S2. The highest BCUT2D eigenvalue weighted by Gasteiger charge is 2.42. The Morgan fingerprint density at radius 2 is 2.12 bits per heavy atom. The van der Waals surface area contributed by atoms with E-state index in [0.717, 1.165) is 16.4 Å². The van der Waals surface area contributed by atoms with Crippen LogP contribution >= 0.6 is 11.8 Å². The number of aryl methyl sites for hydroxylation is 1. The smallest absolute Gasteiger partial charge is 0.251 e. The van der Waals surface area contributed by atoms with Gasteiger partial charge >= 0.3 is 0 Å². The number of rotatable bonds is 4. The minimum atomic E-state index is -2.95. The summed E-state index contributed by atoms with van der Waals surface area (Å²) in [6.07, 6.45) is 0. The Hall–Kier alpha value is -1.54. The van der Waals surface area contributed by atoms with Crippen LogP contribution in [0.2, 0.25) is 0 Å². The second-order valence-corrected chi connectivity index (χ2v) is 10.4. The van der Waals surface area contributed by atoms with Gasteiger partial charge in [-0.05, 0) is 30.5 Å². The normalized spacial score (nSPS) is 24.1. The molecule has 0 bridgehead atoms. The maximum Gasteiger partial charge on any atom is 0.251 e. The molecule has 1 amide bonds. The molecule has 0 radical (unpaired) electrons. The number of nitrogens with one attached hydrogen (secondary N) is 2. The van der Waals surface area contributed by atoms with E-state index in [-0.39, 0.29) is 28.7 Å². The molecule has 3 rings (SSSR count). The molecule has 0 unspecified atom stereocenters. The fourth-order valence-corrected chi connectivity index (χ4v) is 6.50. The number of aliphatic imine (C=N–C) groups is 1. The summed E-state index contributed by atoms with van der Waals surface area (Å²) in [6.45, 7) is 6.70. The van der Waals surface area contributed by atoms with Crippen LogP contribution in [0.1, 0.15) is 29.8 Å². The zero-order chi connectivity index (χ0) is 18.2. The van der Waals surface area contributed by atoms with Gasteiger partial charge in [-0.3, -0.25) is 9.79 Å². The Labute approximate surface area is 152 Å². The van der Waals surface area contributed by atoms with Crippen LogP contribution in [0.5, 0.6) is 0 Å². The number of thioether (sulfide) groups is 1. The monoisotopic (exact) mass is 381 g/mol. The van der Waals surface area contributed by atoms with Crippen molar-refractivity contribution in [3.63, 3.8) is 0 Å². The molecule has 0 spiro atoms. The summed E-state index contributed by atoms with van der Waals surface area (Å²) in [6, 6.07) is 5.37. The molecule has 8 heteroatoms. The first-order valence-electron chi connectivity index (χ1n) is 8.34. The molecular weight excluding hydrogens is 358 g/mol. The van der Waals surface area contributed by atoms with Crippen molar-refractivity contribution >= 4 is 38.4 Å². The summed E-state index contributed by atoms with van der Waals surface area (Å²) in [4.78, 5) is 16.7. The third kappa shape index (κ3) is 4.36. The third-order valence-electron chi connectivity index (χ3n) is 4.23. The zero-order valence-electron chi connectivity index (χ0n) is 14.6. The van der Waals surface area contributed by atoms with Crippen LogP contribution in [-0.4, -0.2) is 48.8 Å². The minimum absolute atomic E-state index is 0.00493. The van der Waals surface area contributed by atoms with Gasteiger partial charge in [0, 0.05) is 23.0 Å². The first kappa shape index (κ1) is 18.3. The highest BCUT2D eigenvalue weighted by atomic mass is 32.2. The van der Waals surface area contributed by atoms with E-state index in [0.29, 0.717) is 18.0 Å². The van der Waals surface area contributed by atoms with E-state index in [9.17, 15) is 13.2 Å². The predicted molar refractivity (Wildman–Crippen MR) is 103 cm³/mol. The molecule has 0 aromatic heterocycles. The summed E-state index contributed by atoms with van der Waals surface area (Å²) in [5.41, 5.74) is 2.43. The summed E-state index contributed by atoms with van der Waals surface area (Å²) < 4.78 is 23.3. The fourth-order valence-electron chi connectivity index (χ4n) is 2.83. The van der Waals surface area contributed by atoms with E-state index in [2.05, 4.69) is 29.5 Å². The Balaban J connectivity index is 1.71. The van der Waals surface area contributed by atoms with Crippen molar-refractivity contribution in [2.24, 2.45) is 10.9 Å². The van der Waals surface area contributed by atoms with Gasteiger partial charge in [0.1, 0.15) is 0 Å². The lowest BCUT2D eigenvalue weighted by atomic mass is 10.1. The molecule has 25 heavy (non-hydrogen) atoms. The first-order chi connectivity index (χ1) is 11.7. The molecule has 0 saturated carbocycles. The summed E-state index contributed by atoms with van der Waals surface area (Å²) >= 11 is 1.47. The van der Waals surface area contributed by atoms with Crippen LogP contribution in [0.25, 0.3) is 0 Å². The standard InChI is InChI=1S/C17H23N3O3S2/c1-10(2)7-18-16(21)12-5-4-11(3)13(6-12)19-17-20-14-8-25(22,23)9-15(14)24-17/h4-6,10,14-15H,7-9H2,1-3H3,(H,18,21)(H,19,20)/t14-,15+/m0/s1. The SMILES string of the molecule is Cc1ccc(C(=O)NCC(C)C)cc1NC1=N[C@H]2CS(=O)(=O)C[C@H]2S1. The lowest BCUT2D eigenvalue weighted by Crippen LogP contribution is -2.27. The van der Waals surface area contributed by atoms with Crippen molar-refractivity contribution in [1.82, 2.24) is 5.32 Å². The number of anilines is 1. The molecule has 2 aliphatic rings. The van der Waals surface area contributed by atoms with Gasteiger partial charge in [-0.15, -0.1) is 0 Å². The quantitative estimate of drug-likeness (QED) is 0.834. The van der Waals surface area contributed by atoms with Crippen LogP contribution in [0.4, 0.5) is 5.69 Å². The molecule has 1 aromatic rings. The van der Waals surface area contributed by atoms with Gasteiger partial charge in [0.05, 0.1) is 17.5 Å². The van der Waals surface area contributed by atoms with Crippen molar-refractivity contribution in [1.29, 1.82) is 0 Å². The maximum atomic E-state index is 12.2. The van der Waals surface area contributed by atoms with Gasteiger partial charge in [-0.2, -0.15) is 0 Å². The van der Waals surface area contributed by atoms with E-state index >= 15 is 0 Å². The molecule has 2 aliphatic heterocycles. The van der Waals surface area contributed by atoms with Gasteiger partial charge < -0.3 is 10.6 Å². The maximum absolute atomic E-state index is 12.2. The van der Waals surface area contributed by atoms with Crippen molar-refractivity contribution in [2.45, 2.75) is 32.1 Å². The highest BCUT2D eigenvalue weighted by molar-refractivity contribution is 8.15. The lowest BCUT2D eigenvalue weighted by molar-refractivity contribution is 0.0949. The van der Waals surface area contributed by atoms with Gasteiger partial charge in [-0.25, -0.2) is 8.42 Å². The number of nitrogens with zero attached hydrogens (tertiary/aromatic N) is 1. The average Bonchev–Trinajstić information content (AvgIpc) is 2.99. The van der Waals surface area contributed by atoms with E-state index in [1.807, 2.05) is 19.1 Å². The van der Waals surface area contributed by atoms with Crippen LogP contribution in [0, 0.1) is 12.8 Å². The zero-order valence-corrected chi connectivity index (χ0v) is 16.2. The number of carbonyl (C=O) groups excluding carboxylic acids is 1. The first-order valence-corrected chi connectivity index (χ1v) is 11.0. The third-order valence-corrected chi connectivity index (χ3v) is 7.37. The van der Waals surface area contributed by atoms with Gasteiger partial charge in [0.25, 0.3) is 5.91 Å². The Morgan fingerprint density at radius 3 is 2.80 bits per heavy atom. The number of hydrogen-bond donors (Lipinski definition) is 2. The summed E-state index contributed by atoms with van der Waals surface area (Å²) in [7, 11) is -2.95. The number of hydrogen-bond acceptors (Lipinski definition) is 6. The summed E-state index contributed by atoms with van der Waals surface area (Å²) in [5.74, 6) is 0.618. The average molecular weight is 382 g/mol. The molecule has 2 N–H and O–H groups in total. The minimum Gasteiger partial charge on any atom is -0.352 e. The largest absolute Gasteiger partial charge is 0.352 e. The van der Waals surface area contributed by atoms with E-state index < -0.39 is 9.84 Å². The molecule has 1 saturated heterocycles. The number of amidine groups is 1. The van der Waals surface area contributed by atoms with Crippen molar-refractivity contribution in [3.05, 3.63) is 29.3 Å². The van der Waals surface area contributed by atoms with E-state index in [4.69, 9.17) is 0 Å². The Morgan fingerprint density at radius 1 is 1.36 bits per heavy atom. The molecule has 2 heterocycles. The highest BCUT2D eigenvalue weighted by Crippen LogP contribution is 2.35. The number of sulfone groups is 1. The Bertz CT molecular complexity index is 818. The molecule has 1 aromatic carbocycles. The Kier molecular flexibility index (Phi) is 5.11. The van der Waals surface area contributed by atoms with E-state index in [1.165, 1.54) is 11.8 Å². The van der Waals surface area contributed by atoms with E-state index in [1.54, 1.807) is 6.07 Å². The number of carbonyl (C=O) groups is 1. The fraction of sp³-hybridized carbons (Fsp3) is 0.529. The number of fused-ring (bicyclic) bond motifs is 1. The van der Waals surface area contributed by atoms with Crippen LogP contribution in [0.3, 0.4) is 0 Å². The molecule has 6 nitrogen and oxygen atoms in total. The predicted octanol–water partition coefficient (Wildman–Crippen LogP) is 2.06. The second kappa shape index (κ2) is 6.99. The van der Waals surface area contributed by atoms with Gasteiger partial charge in [0.15, 0.2) is 15.0 Å². The number of benzene rings is 1. The van der Waals surface area contributed by atoms with Crippen molar-refractivity contribution in [3.8, 4) is 0 Å². The molecule has 136 valence electrons. The topological polar surface area (TPSA) is 87.6 Å². The lowest BCUT2D eigenvalue weighted by Gasteiger charge is -2.12. The number of amides is 1. The van der Waals surface area contributed by atoms with Crippen molar-refractivity contribution < 1.29 is 13.2 Å². The van der Waals surface area contributed by atoms with Crippen LogP contribution in [0.15, 0.2) is 23.2 Å². The summed E-state index contributed by atoms with van der Waals surface area (Å²) in [5, 5.41) is 6.91. The molecule has 1 fully saturated rings. The van der Waals surface area contributed by atoms with Crippen LogP contribution < -0.4 is 10.6 Å². The van der Waals surface area contributed by atoms with Crippen molar-refractivity contribution in [2.75, 3.05) is 23.4 Å². The second-order valence-electron chi connectivity index (χ2n) is 6.99. The van der Waals surface area contributed by atoms with Gasteiger partial charge in [0.2, 0.25) is 0 Å². The van der Waals surface area contributed by atoms with Crippen LogP contribution in [-0.2, 0) is 9.84 Å².